The summed E-state index contributed by atoms with van der Waals surface area (Å²) in [4.78, 5) is 2.79. The average molecular weight is 469 g/mol. The van der Waals surface area contributed by atoms with Crippen LogP contribution in [0.15, 0.2) is 24.3 Å². The first-order chi connectivity index (χ1) is 15.4. The van der Waals surface area contributed by atoms with Gasteiger partial charge in [0.15, 0.2) is 0 Å². The van der Waals surface area contributed by atoms with Crippen LogP contribution in [-0.4, -0.2) is 31.3 Å². The van der Waals surface area contributed by atoms with E-state index in [9.17, 15) is 5.11 Å². The van der Waals surface area contributed by atoms with Gasteiger partial charge in [0.25, 0.3) is 0 Å². The standard InChI is InChI=1S/C27H40N4OS/c1-10-27(11-2,20-12-13-21(17(3)14-20)24-28-30-31-29-24)23-15-18(4)22(33-23)16-19(5)26(9,32)25(6,7)8/h12-15,19,32H,10-11,16H2,1-9H3,(H,28,29,30,31). The number of rotatable bonds is 8. The Morgan fingerprint density at radius 3 is 2.21 bits per heavy atom. The van der Waals surface area contributed by atoms with E-state index in [0.717, 1.165) is 30.4 Å². The predicted octanol–water partition coefficient (Wildman–Crippen LogP) is 6.63. The summed E-state index contributed by atoms with van der Waals surface area (Å²) in [5.74, 6) is 0.795. The van der Waals surface area contributed by atoms with E-state index in [1.807, 2.05) is 18.3 Å². The molecular formula is C27H40N4OS. The van der Waals surface area contributed by atoms with Crippen molar-refractivity contribution in [3.05, 3.63) is 50.7 Å². The Morgan fingerprint density at radius 2 is 1.70 bits per heavy atom. The second-order valence-electron chi connectivity index (χ2n) is 10.8. The smallest absolute Gasteiger partial charge is 0.204 e. The number of aromatic amines is 1. The van der Waals surface area contributed by atoms with E-state index in [4.69, 9.17) is 0 Å². The van der Waals surface area contributed by atoms with Gasteiger partial charge in [0.2, 0.25) is 5.82 Å². The summed E-state index contributed by atoms with van der Waals surface area (Å²) < 4.78 is 0. The van der Waals surface area contributed by atoms with Crippen LogP contribution in [0.3, 0.4) is 0 Å². The van der Waals surface area contributed by atoms with Crippen LogP contribution >= 0.6 is 11.3 Å². The molecule has 0 bridgehead atoms. The van der Waals surface area contributed by atoms with Crippen LogP contribution in [0.2, 0.25) is 0 Å². The SMILES string of the molecule is CCC(CC)(c1ccc(-c2nn[nH]n2)c(C)c1)c1cc(C)c(CC(C)C(C)(O)C(C)(C)C)s1. The maximum Gasteiger partial charge on any atom is 0.204 e. The maximum atomic E-state index is 11.2. The summed E-state index contributed by atoms with van der Waals surface area (Å²) in [5.41, 5.74) is 3.88. The van der Waals surface area contributed by atoms with Gasteiger partial charge >= 0.3 is 0 Å². The lowest BCUT2D eigenvalue weighted by Crippen LogP contribution is -2.46. The second kappa shape index (κ2) is 9.30. The Bertz CT molecular complexity index is 1070. The molecule has 1 aromatic carbocycles. The van der Waals surface area contributed by atoms with Gasteiger partial charge in [-0.25, -0.2) is 0 Å². The molecule has 0 radical (unpaired) electrons. The number of H-pyrrole nitrogens is 1. The zero-order chi connectivity index (χ0) is 24.6. The lowest BCUT2D eigenvalue weighted by Gasteiger charge is -2.42. The summed E-state index contributed by atoms with van der Waals surface area (Å²) in [6.45, 7) is 19.4. The van der Waals surface area contributed by atoms with E-state index in [2.05, 4.69) is 100 Å². The van der Waals surface area contributed by atoms with Gasteiger partial charge in [-0.15, -0.1) is 21.5 Å². The molecule has 2 N–H and O–H groups in total. The molecule has 0 aliphatic heterocycles. The second-order valence-corrected chi connectivity index (χ2v) is 11.9. The van der Waals surface area contributed by atoms with Crippen molar-refractivity contribution >= 4 is 11.3 Å². The molecule has 0 saturated heterocycles. The number of aromatic nitrogens is 4. The van der Waals surface area contributed by atoms with Crippen LogP contribution in [-0.2, 0) is 11.8 Å². The van der Waals surface area contributed by atoms with Gasteiger partial charge in [0.05, 0.1) is 5.60 Å². The van der Waals surface area contributed by atoms with Gasteiger partial charge in [-0.05, 0) is 79.3 Å². The fraction of sp³-hybridized carbons (Fsp3) is 0.593. The summed E-state index contributed by atoms with van der Waals surface area (Å²) in [5, 5.41) is 25.8. The third-order valence-electron chi connectivity index (χ3n) is 8.03. The fourth-order valence-electron chi connectivity index (χ4n) is 4.81. The minimum absolute atomic E-state index is 0.0377. The lowest BCUT2D eigenvalue weighted by atomic mass is 9.69. The molecule has 2 atom stereocenters. The topological polar surface area (TPSA) is 74.7 Å². The van der Waals surface area contributed by atoms with Gasteiger partial charge in [-0.2, -0.15) is 5.21 Å². The van der Waals surface area contributed by atoms with Crippen molar-refractivity contribution in [1.29, 1.82) is 0 Å². The van der Waals surface area contributed by atoms with Crippen molar-refractivity contribution in [2.75, 3.05) is 0 Å². The summed E-state index contributed by atoms with van der Waals surface area (Å²) in [6.07, 6.45) is 2.94. The normalized spacial score (nSPS) is 15.5. The van der Waals surface area contributed by atoms with E-state index < -0.39 is 5.60 Å². The van der Waals surface area contributed by atoms with Crippen molar-refractivity contribution < 1.29 is 5.11 Å². The van der Waals surface area contributed by atoms with Crippen molar-refractivity contribution in [2.24, 2.45) is 11.3 Å². The first-order valence-corrected chi connectivity index (χ1v) is 12.9. The van der Waals surface area contributed by atoms with Crippen molar-refractivity contribution in [1.82, 2.24) is 20.6 Å². The van der Waals surface area contributed by atoms with E-state index in [1.54, 1.807) is 0 Å². The molecule has 0 amide bonds. The quantitative estimate of drug-likeness (QED) is 0.389. The number of hydrogen-bond donors (Lipinski definition) is 2. The Morgan fingerprint density at radius 1 is 1.03 bits per heavy atom. The first-order valence-electron chi connectivity index (χ1n) is 12.0. The molecule has 0 saturated carbocycles. The first kappa shape index (κ1) is 25.6. The van der Waals surface area contributed by atoms with E-state index in [1.165, 1.54) is 20.9 Å². The van der Waals surface area contributed by atoms with Gasteiger partial charge in [0, 0.05) is 20.7 Å². The summed E-state index contributed by atoms with van der Waals surface area (Å²) in [7, 11) is 0. The molecule has 0 spiro atoms. The number of aliphatic hydroxyl groups is 1. The average Bonchev–Trinajstić information content (AvgIpc) is 3.39. The van der Waals surface area contributed by atoms with Gasteiger partial charge in [0.1, 0.15) is 0 Å². The Kier molecular flexibility index (Phi) is 7.21. The molecule has 2 aromatic heterocycles. The number of tetrazole rings is 1. The molecule has 0 aliphatic rings. The van der Waals surface area contributed by atoms with E-state index >= 15 is 0 Å². The number of hydrogen-bond acceptors (Lipinski definition) is 5. The molecule has 3 rings (SSSR count). The van der Waals surface area contributed by atoms with Crippen molar-refractivity contribution in [3.8, 4) is 11.4 Å². The molecule has 3 aromatic rings. The molecule has 6 heteroatoms. The lowest BCUT2D eigenvalue weighted by molar-refractivity contribution is -0.0834. The molecule has 0 fully saturated rings. The molecule has 180 valence electrons. The van der Waals surface area contributed by atoms with Crippen LogP contribution in [0.25, 0.3) is 11.4 Å². The summed E-state index contributed by atoms with van der Waals surface area (Å²) in [6, 6.07) is 9.03. The highest BCUT2D eigenvalue weighted by Gasteiger charge is 2.41. The van der Waals surface area contributed by atoms with Crippen LogP contribution in [0, 0.1) is 25.2 Å². The van der Waals surface area contributed by atoms with Crippen LogP contribution in [0.1, 0.15) is 87.8 Å². The number of nitrogens with zero attached hydrogens (tertiary/aromatic N) is 3. The summed E-state index contributed by atoms with van der Waals surface area (Å²) >= 11 is 1.92. The maximum absolute atomic E-state index is 11.2. The molecule has 2 unspecified atom stereocenters. The van der Waals surface area contributed by atoms with Crippen LogP contribution in [0.5, 0.6) is 0 Å². The minimum atomic E-state index is -0.738. The van der Waals surface area contributed by atoms with Crippen molar-refractivity contribution in [2.45, 2.75) is 92.6 Å². The Labute approximate surface area is 203 Å². The zero-order valence-electron chi connectivity index (χ0n) is 21.7. The predicted molar refractivity (Wildman–Crippen MR) is 138 cm³/mol. The zero-order valence-corrected chi connectivity index (χ0v) is 22.5. The molecular weight excluding hydrogens is 428 g/mol. The highest BCUT2D eigenvalue weighted by atomic mass is 32.1. The van der Waals surface area contributed by atoms with Crippen LogP contribution in [0.4, 0.5) is 0 Å². The minimum Gasteiger partial charge on any atom is -0.389 e. The number of nitrogens with one attached hydrogen (secondary N) is 1. The van der Waals surface area contributed by atoms with E-state index in [0.29, 0.717) is 5.82 Å². The van der Waals surface area contributed by atoms with Gasteiger partial charge in [-0.1, -0.05) is 59.7 Å². The highest BCUT2D eigenvalue weighted by molar-refractivity contribution is 7.12. The molecule has 33 heavy (non-hydrogen) atoms. The third-order valence-corrected chi connectivity index (χ3v) is 9.50. The molecule has 2 heterocycles. The van der Waals surface area contributed by atoms with Crippen molar-refractivity contribution in [3.63, 3.8) is 0 Å². The third kappa shape index (κ3) is 4.65. The fourth-order valence-corrected chi connectivity index (χ4v) is 6.47. The largest absolute Gasteiger partial charge is 0.389 e. The number of benzene rings is 1. The Hall–Kier alpha value is -2.05. The highest BCUT2D eigenvalue weighted by Crippen LogP contribution is 2.45. The van der Waals surface area contributed by atoms with Gasteiger partial charge in [-0.3, -0.25) is 0 Å². The molecule has 0 aliphatic carbocycles. The Balaban J connectivity index is 1.99. The monoisotopic (exact) mass is 468 g/mol. The van der Waals surface area contributed by atoms with Crippen LogP contribution < -0.4 is 0 Å². The molecule has 5 nitrogen and oxygen atoms in total. The van der Waals surface area contributed by atoms with E-state index in [-0.39, 0.29) is 16.7 Å². The van der Waals surface area contributed by atoms with Gasteiger partial charge < -0.3 is 5.11 Å². The number of aryl methyl sites for hydroxylation is 2. The number of thiophene rings is 1.